The molecule has 1 aliphatic heterocycles. The highest BCUT2D eigenvalue weighted by Gasteiger charge is 2.29. The summed E-state index contributed by atoms with van der Waals surface area (Å²) in [7, 11) is 0. The van der Waals surface area contributed by atoms with Gasteiger partial charge in [-0.2, -0.15) is 0 Å². The van der Waals surface area contributed by atoms with E-state index in [2.05, 4.69) is 26.8 Å². The third kappa shape index (κ3) is 5.40. The number of ketones is 1. The number of carbonyl (C=O) groups excluding carboxylic acids is 3. The van der Waals surface area contributed by atoms with Crippen LogP contribution in [0.25, 0.3) is 0 Å². The van der Waals surface area contributed by atoms with Gasteiger partial charge in [-0.3, -0.25) is 14.4 Å². The van der Waals surface area contributed by atoms with Crippen LogP contribution in [0.15, 0.2) is 66.4 Å². The predicted octanol–water partition coefficient (Wildman–Crippen LogP) is 4.39. The Morgan fingerprint density at radius 3 is 2.52 bits per heavy atom. The zero-order valence-electron chi connectivity index (χ0n) is 18.3. The molecule has 0 saturated carbocycles. The molecule has 6 nitrogen and oxygen atoms in total. The zero-order chi connectivity index (χ0) is 22.6. The number of nitrogens with zero attached hydrogens (tertiary/aromatic N) is 1. The Morgan fingerprint density at radius 1 is 1.19 bits per heavy atom. The van der Waals surface area contributed by atoms with Crippen LogP contribution in [0.5, 0.6) is 0 Å². The second kappa shape index (κ2) is 9.16. The van der Waals surface area contributed by atoms with Crippen molar-refractivity contribution in [2.75, 3.05) is 0 Å². The summed E-state index contributed by atoms with van der Waals surface area (Å²) in [5, 5.41) is 0. The highest BCUT2D eigenvalue weighted by Crippen LogP contribution is 2.38. The normalized spacial score (nSPS) is 16.9. The molecule has 162 valence electrons. The van der Waals surface area contributed by atoms with Crippen molar-refractivity contribution in [2.45, 2.75) is 52.2 Å². The quantitative estimate of drug-likeness (QED) is 0.501. The van der Waals surface area contributed by atoms with Gasteiger partial charge in [0, 0.05) is 31.3 Å². The van der Waals surface area contributed by atoms with Crippen LogP contribution in [0.3, 0.4) is 0 Å². The van der Waals surface area contributed by atoms with Gasteiger partial charge in [-0.1, -0.05) is 32.9 Å². The molecule has 1 aromatic rings. The third-order valence-electron chi connectivity index (χ3n) is 5.20. The molecule has 2 aliphatic rings. The van der Waals surface area contributed by atoms with Gasteiger partial charge in [-0.05, 0) is 45.9 Å². The van der Waals surface area contributed by atoms with Crippen molar-refractivity contribution in [1.82, 2.24) is 4.90 Å². The second-order valence-corrected chi connectivity index (χ2v) is 8.62. The Kier molecular flexibility index (Phi) is 6.59. The molecule has 31 heavy (non-hydrogen) atoms. The van der Waals surface area contributed by atoms with Gasteiger partial charge in [0.25, 0.3) is 0 Å². The minimum Gasteiger partial charge on any atom is -0.470 e. The van der Waals surface area contributed by atoms with Gasteiger partial charge in [0.05, 0.1) is 6.04 Å². The van der Waals surface area contributed by atoms with Gasteiger partial charge in [-0.15, -0.1) is 0 Å². The number of benzene rings is 1. The van der Waals surface area contributed by atoms with Crippen molar-refractivity contribution in [3.63, 3.8) is 0 Å². The minimum atomic E-state index is -0.399. The lowest BCUT2D eigenvalue weighted by Gasteiger charge is -2.34. The van der Waals surface area contributed by atoms with E-state index < -0.39 is 6.04 Å². The number of hydrogen-bond donors (Lipinski definition) is 0. The Hall–Kier alpha value is -3.41. The molecular weight excluding hydrogens is 394 g/mol. The molecule has 0 saturated heterocycles. The summed E-state index contributed by atoms with van der Waals surface area (Å²) in [4.78, 5) is 37.3. The van der Waals surface area contributed by atoms with Gasteiger partial charge >= 0.3 is 5.97 Å². The van der Waals surface area contributed by atoms with E-state index in [9.17, 15) is 14.4 Å². The maximum absolute atomic E-state index is 12.3. The van der Waals surface area contributed by atoms with E-state index in [0.717, 1.165) is 23.0 Å². The molecule has 1 unspecified atom stereocenters. The van der Waals surface area contributed by atoms with Crippen molar-refractivity contribution < 1.29 is 23.9 Å². The molecule has 0 spiro atoms. The monoisotopic (exact) mass is 421 g/mol. The third-order valence-corrected chi connectivity index (χ3v) is 5.20. The van der Waals surface area contributed by atoms with E-state index in [-0.39, 0.29) is 30.2 Å². The summed E-state index contributed by atoms with van der Waals surface area (Å²) in [6.45, 7) is 7.84. The van der Waals surface area contributed by atoms with Gasteiger partial charge in [0.2, 0.25) is 0 Å². The molecule has 0 N–H and O–H groups in total. The van der Waals surface area contributed by atoms with Crippen LogP contribution >= 0.6 is 0 Å². The van der Waals surface area contributed by atoms with Crippen molar-refractivity contribution in [3.05, 3.63) is 83.1 Å². The molecule has 0 aromatic heterocycles. The molecule has 0 bridgehead atoms. The van der Waals surface area contributed by atoms with Crippen LogP contribution < -0.4 is 0 Å². The maximum atomic E-state index is 12.3. The molecule has 1 aliphatic carbocycles. The fraction of sp³-hybridized carbons (Fsp3) is 0.320. The van der Waals surface area contributed by atoms with Gasteiger partial charge < -0.3 is 14.4 Å². The van der Waals surface area contributed by atoms with E-state index in [1.165, 1.54) is 13.0 Å². The number of hydrogen-bond acceptors (Lipinski definition) is 6. The standard InChI is InChI=1S/C25H27NO5/c1-17(28)31-16-18-11-20(13-21(12-18)25(2,3)4)24(26-7-9-30-10-8-26)23-14-22(29)6-5-19(23)15-27/h5-13,15,24H,14,16H2,1-4H3. The van der Waals surface area contributed by atoms with Crippen LogP contribution in [-0.2, 0) is 35.9 Å². The molecule has 1 heterocycles. The summed E-state index contributed by atoms with van der Waals surface area (Å²) in [5.41, 5.74) is 3.83. The molecule has 0 amide bonds. The highest BCUT2D eigenvalue weighted by atomic mass is 16.5. The van der Waals surface area contributed by atoms with E-state index in [1.807, 2.05) is 17.0 Å². The number of rotatable bonds is 6. The Labute approximate surface area is 182 Å². The fourth-order valence-electron chi connectivity index (χ4n) is 3.62. The van der Waals surface area contributed by atoms with E-state index >= 15 is 0 Å². The number of allylic oxidation sites excluding steroid dienone is 3. The lowest BCUT2D eigenvalue weighted by Crippen LogP contribution is -2.26. The van der Waals surface area contributed by atoms with Gasteiger partial charge in [-0.25, -0.2) is 0 Å². The average Bonchev–Trinajstić information content (AvgIpc) is 2.73. The molecular formula is C25H27NO5. The van der Waals surface area contributed by atoms with Gasteiger partial charge in [0.1, 0.15) is 25.4 Å². The summed E-state index contributed by atoms with van der Waals surface area (Å²) in [5.74, 6) is -0.411. The van der Waals surface area contributed by atoms with Crippen LogP contribution in [0.2, 0.25) is 0 Å². The minimum absolute atomic E-state index is 0.0565. The maximum Gasteiger partial charge on any atom is 0.302 e. The highest BCUT2D eigenvalue weighted by molar-refractivity contribution is 5.97. The van der Waals surface area contributed by atoms with Gasteiger partial charge in [0.15, 0.2) is 5.78 Å². The molecule has 1 atom stereocenters. The summed E-state index contributed by atoms with van der Waals surface area (Å²) in [6, 6.07) is 5.66. The first-order valence-corrected chi connectivity index (χ1v) is 10.1. The van der Waals surface area contributed by atoms with Crippen LogP contribution in [0, 0.1) is 0 Å². The number of aldehydes is 1. The first kappa shape index (κ1) is 22.3. The topological polar surface area (TPSA) is 72.9 Å². The summed E-state index contributed by atoms with van der Waals surface area (Å²) < 4.78 is 10.4. The molecule has 1 aromatic carbocycles. The van der Waals surface area contributed by atoms with Crippen LogP contribution in [-0.4, -0.2) is 22.9 Å². The average molecular weight is 421 g/mol. The SMILES string of the molecule is CC(=O)OCc1cc(C(C2=C(C=O)C=CC(=O)C2)N2C=COC=C2)cc(C(C)(C)C)c1. The lowest BCUT2D eigenvalue weighted by molar-refractivity contribution is -0.142. The molecule has 0 radical (unpaired) electrons. The van der Waals surface area contributed by atoms with Crippen molar-refractivity contribution in [1.29, 1.82) is 0 Å². The zero-order valence-corrected chi connectivity index (χ0v) is 18.3. The predicted molar refractivity (Wildman–Crippen MR) is 116 cm³/mol. The summed E-state index contributed by atoms with van der Waals surface area (Å²) >= 11 is 0. The van der Waals surface area contributed by atoms with E-state index in [1.54, 1.807) is 31.0 Å². The number of carbonyl (C=O) groups is 3. The number of ether oxygens (including phenoxy) is 2. The fourth-order valence-corrected chi connectivity index (χ4v) is 3.62. The Morgan fingerprint density at radius 2 is 1.90 bits per heavy atom. The van der Waals surface area contributed by atoms with Crippen LogP contribution in [0.4, 0.5) is 0 Å². The first-order chi connectivity index (χ1) is 14.7. The van der Waals surface area contributed by atoms with Crippen molar-refractivity contribution >= 4 is 18.0 Å². The summed E-state index contributed by atoms with van der Waals surface area (Å²) in [6.07, 6.45) is 10.6. The van der Waals surface area contributed by atoms with Crippen molar-refractivity contribution in [3.8, 4) is 0 Å². The molecule has 3 rings (SSSR count). The Balaban J connectivity index is 2.19. The second-order valence-electron chi connectivity index (χ2n) is 8.62. The van der Waals surface area contributed by atoms with E-state index in [0.29, 0.717) is 11.1 Å². The lowest BCUT2D eigenvalue weighted by atomic mass is 9.81. The Bertz CT molecular complexity index is 995. The van der Waals surface area contributed by atoms with Crippen LogP contribution in [0.1, 0.15) is 56.8 Å². The molecule has 6 heteroatoms. The first-order valence-electron chi connectivity index (χ1n) is 10.1. The number of esters is 1. The van der Waals surface area contributed by atoms with E-state index in [4.69, 9.17) is 9.47 Å². The van der Waals surface area contributed by atoms with Crippen molar-refractivity contribution in [2.24, 2.45) is 0 Å². The smallest absolute Gasteiger partial charge is 0.302 e. The molecule has 0 fully saturated rings. The largest absolute Gasteiger partial charge is 0.470 e.